The summed E-state index contributed by atoms with van der Waals surface area (Å²) < 4.78 is 5.57. The van der Waals surface area contributed by atoms with E-state index in [0.717, 1.165) is 27.8 Å². The van der Waals surface area contributed by atoms with Gasteiger partial charge in [0.2, 0.25) is 17.7 Å². The molecule has 1 aromatic heterocycles. The highest BCUT2D eigenvalue weighted by molar-refractivity contribution is 5.84. The molecule has 0 fully saturated rings. The van der Waals surface area contributed by atoms with Gasteiger partial charge in [-0.15, -0.1) is 0 Å². The second-order valence-electron chi connectivity index (χ2n) is 10.1. The summed E-state index contributed by atoms with van der Waals surface area (Å²) in [4.78, 5) is 45.0. The topological polar surface area (TPSA) is 92.5 Å². The molecule has 5 rings (SSSR count). The van der Waals surface area contributed by atoms with Gasteiger partial charge < -0.3 is 14.6 Å². The Kier molecular flexibility index (Phi) is 6.85. The van der Waals surface area contributed by atoms with Crippen molar-refractivity contribution < 1.29 is 14.0 Å². The Morgan fingerprint density at radius 2 is 1.61 bits per heavy atom. The molecular weight excluding hydrogens is 478 g/mol. The molecular formula is C31H31N3O4. The third-order valence-electron chi connectivity index (χ3n) is 7.23. The molecule has 1 aliphatic carbocycles. The average Bonchev–Trinajstić information content (AvgIpc) is 3.21. The van der Waals surface area contributed by atoms with E-state index in [9.17, 15) is 14.4 Å². The summed E-state index contributed by atoms with van der Waals surface area (Å²) in [5.74, 6) is -0.247. The van der Waals surface area contributed by atoms with Crippen molar-refractivity contribution in [2.24, 2.45) is 5.92 Å². The summed E-state index contributed by atoms with van der Waals surface area (Å²) in [6.45, 7) is 7.48. The Balaban J connectivity index is 1.37. The Labute approximate surface area is 221 Å². The predicted molar refractivity (Wildman–Crippen MR) is 146 cm³/mol. The third kappa shape index (κ3) is 4.60. The highest BCUT2D eigenvalue weighted by atomic mass is 16.4. The summed E-state index contributed by atoms with van der Waals surface area (Å²) in [6.07, 6.45) is 0.0978. The molecule has 194 valence electrons. The predicted octanol–water partition coefficient (Wildman–Crippen LogP) is 5.32. The third-order valence-corrected chi connectivity index (χ3v) is 7.23. The maximum Gasteiger partial charge on any atom is 0.347 e. The average molecular weight is 510 g/mol. The molecule has 38 heavy (non-hydrogen) atoms. The lowest BCUT2D eigenvalue weighted by atomic mass is 10.0. The number of benzene rings is 3. The lowest BCUT2D eigenvalue weighted by molar-refractivity contribution is -0.131. The Morgan fingerprint density at radius 3 is 2.21 bits per heavy atom. The molecule has 1 N–H and O–H groups in total. The number of amides is 2. The van der Waals surface area contributed by atoms with Crippen molar-refractivity contribution in [2.75, 3.05) is 6.54 Å². The lowest BCUT2D eigenvalue weighted by Crippen LogP contribution is -2.38. The van der Waals surface area contributed by atoms with E-state index in [2.05, 4.69) is 22.4 Å². The molecule has 0 spiro atoms. The van der Waals surface area contributed by atoms with Gasteiger partial charge in [-0.3, -0.25) is 9.59 Å². The first-order valence-electron chi connectivity index (χ1n) is 12.9. The van der Waals surface area contributed by atoms with E-state index in [4.69, 9.17) is 4.42 Å². The maximum absolute atomic E-state index is 13.2. The molecule has 2 amide bonds. The van der Waals surface area contributed by atoms with Crippen LogP contribution in [0.3, 0.4) is 0 Å². The first kappa shape index (κ1) is 25.4. The molecule has 7 heteroatoms. The van der Waals surface area contributed by atoms with E-state index in [1.54, 1.807) is 11.0 Å². The number of carbonyl (C=O) groups excluding carboxylic acids is 2. The minimum Gasteiger partial charge on any atom is -0.406 e. The quantitative estimate of drug-likeness (QED) is 0.364. The molecule has 1 atom stereocenters. The standard InChI is InChI=1S/C31H31N3O4/c1-18(2)28(30-32-25-15-9-10-19(3)27(25)31(37)38-30)33-26(36)16-17-34(20(4)35)29-23-13-7-5-11-21(23)22-12-6-8-14-24(22)29/h5-15,18,28-29H,16-17H2,1-4H3,(H,33,36). The molecule has 1 aliphatic rings. The molecule has 7 nitrogen and oxygen atoms in total. The summed E-state index contributed by atoms with van der Waals surface area (Å²) in [5, 5.41) is 3.43. The maximum atomic E-state index is 13.2. The summed E-state index contributed by atoms with van der Waals surface area (Å²) in [6, 6.07) is 20.8. The van der Waals surface area contributed by atoms with Crippen LogP contribution in [-0.4, -0.2) is 28.2 Å². The van der Waals surface area contributed by atoms with Crippen LogP contribution in [0.2, 0.25) is 0 Å². The largest absolute Gasteiger partial charge is 0.406 e. The summed E-state index contributed by atoms with van der Waals surface area (Å²) >= 11 is 0. The van der Waals surface area contributed by atoms with Crippen molar-refractivity contribution in [3.63, 3.8) is 0 Å². The number of aryl methyl sites for hydroxylation is 1. The van der Waals surface area contributed by atoms with Crippen LogP contribution in [0.15, 0.2) is 75.9 Å². The SMILES string of the molecule is CC(=O)N(CCC(=O)NC(c1nc2cccc(C)c2c(=O)o1)C(C)C)C1c2ccccc2-c2ccccc21. The molecule has 4 aromatic rings. The van der Waals surface area contributed by atoms with Crippen LogP contribution >= 0.6 is 0 Å². The van der Waals surface area contributed by atoms with Crippen LogP contribution in [0.4, 0.5) is 0 Å². The smallest absolute Gasteiger partial charge is 0.347 e. The number of rotatable bonds is 7. The fourth-order valence-electron chi connectivity index (χ4n) is 5.35. The normalized spacial score (nSPS) is 13.3. The van der Waals surface area contributed by atoms with Gasteiger partial charge in [0, 0.05) is 19.9 Å². The lowest BCUT2D eigenvalue weighted by Gasteiger charge is -2.30. The fourth-order valence-corrected chi connectivity index (χ4v) is 5.35. The van der Waals surface area contributed by atoms with E-state index < -0.39 is 11.7 Å². The highest BCUT2D eigenvalue weighted by Crippen LogP contribution is 2.46. The molecule has 0 saturated carbocycles. The van der Waals surface area contributed by atoms with Crippen molar-refractivity contribution in [2.45, 2.75) is 46.2 Å². The molecule has 3 aromatic carbocycles. The van der Waals surface area contributed by atoms with E-state index in [1.165, 1.54) is 6.92 Å². The summed E-state index contributed by atoms with van der Waals surface area (Å²) in [7, 11) is 0. The summed E-state index contributed by atoms with van der Waals surface area (Å²) in [5.41, 5.74) is 5.19. The van der Waals surface area contributed by atoms with Crippen molar-refractivity contribution in [1.82, 2.24) is 15.2 Å². The van der Waals surface area contributed by atoms with Gasteiger partial charge in [0.05, 0.1) is 16.9 Å². The van der Waals surface area contributed by atoms with Crippen LogP contribution in [0.5, 0.6) is 0 Å². The van der Waals surface area contributed by atoms with Crippen LogP contribution in [-0.2, 0) is 9.59 Å². The van der Waals surface area contributed by atoms with Gasteiger partial charge in [-0.2, -0.15) is 0 Å². The van der Waals surface area contributed by atoms with E-state index in [-0.39, 0.29) is 42.6 Å². The van der Waals surface area contributed by atoms with Gasteiger partial charge in [0.15, 0.2) is 0 Å². The van der Waals surface area contributed by atoms with E-state index in [0.29, 0.717) is 10.9 Å². The number of aromatic nitrogens is 1. The second-order valence-corrected chi connectivity index (χ2v) is 10.1. The minimum atomic E-state index is -0.584. The first-order chi connectivity index (χ1) is 18.3. The number of carbonyl (C=O) groups is 2. The van der Waals surface area contributed by atoms with Crippen molar-refractivity contribution in [3.8, 4) is 11.1 Å². The zero-order valence-electron chi connectivity index (χ0n) is 22.0. The zero-order valence-corrected chi connectivity index (χ0v) is 22.0. The van der Waals surface area contributed by atoms with Crippen LogP contribution < -0.4 is 10.9 Å². The van der Waals surface area contributed by atoms with Crippen LogP contribution in [0, 0.1) is 12.8 Å². The number of fused-ring (bicyclic) bond motifs is 4. The van der Waals surface area contributed by atoms with Gasteiger partial charge in [-0.25, -0.2) is 9.78 Å². The Hall–Kier alpha value is -4.26. The number of hydrogen-bond acceptors (Lipinski definition) is 5. The van der Waals surface area contributed by atoms with Gasteiger partial charge in [-0.1, -0.05) is 74.5 Å². The first-order valence-corrected chi connectivity index (χ1v) is 12.9. The zero-order chi connectivity index (χ0) is 27.0. The molecule has 0 bridgehead atoms. The number of nitrogens with one attached hydrogen (secondary N) is 1. The molecule has 1 unspecified atom stereocenters. The Morgan fingerprint density at radius 1 is 0.974 bits per heavy atom. The molecule has 0 radical (unpaired) electrons. The van der Waals surface area contributed by atoms with E-state index >= 15 is 0 Å². The van der Waals surface area contributed by atoms with Crippen LogP contribution in [0.1, 0.15) is 61.9 Å². The van der Waals surface area contributed by atoms with Crippen molar-refractivity contribution in [3.05, 3.63) is 99.7 Å². The molecule has 1 heterocycles. The van der Waals surface area contributed by atoms with Crippen LogP contribution in [0.25, 0.3) is 22.0 Å². The fraction of sp³-hybridized carbons (Fsp3) is 0.290. The minimum absolute atomic E-state index is 0.0747. The van der Waals surface area contributed by atoms with Gasteiger partial charge in [-0.05, 0) is 46.7 Å². The monoisotopic (exact) mass is 509 g/mol. The molecule has 0 saturated heterocycles. The van der Waals surface area contributed by atoms with Gasteiger partial charge in [0.1, 0.15) is 6.04 Å². The number of hydrogen-bond donors (Lipinski definition) is 1. The van der Waals surface area contributed by atoms with Crippen molar-refractivity contribution >= 4 is 22.7 Å². The second kappa shape index (κ2) is 10.2. The Bertz CT molecular complexity index is 1540. The number of nitrogens with zero attached hydrogens (tertiary/aromatic N) is 2. The van der Waals surface area contributed by atoms with Gasteiger partial charge in [0.25, 0.3) is 0 Å². The van der Waals surface area contributed by atoms with Crippen molar-refractivity contribution in [1.29, 1.82) is 0 Å². The molecule has 0 aliphatic heterocycles. The van der Waals surface area contributed by atoms with Gasteiger partial charge >= 0.3 is 5.63 Å². The highest BCUT2D eigenvalue weighted by Gasteiger charge is 2.34. The van der Waals surface area contributed by atoms with E-state index in [1.807, 2.05) is 69.3 Å².